The lowest BCUT2D eigenvalue weighted by Gasteiger charge is -2.10. The topological polar surface area (TPSA) is 132 Å². The van der Waals surface area contributed by atoms with Crippen LogP contribution in [0.3, 0.4) is 0 Å². The van der Waals surface area contributed by atoms with Crippen LogP contribution in [-0.2, 0) is 4.79 Å². The number of non-ortho nitro benzene ring substituents is 1. The number of hydrogen-bond acceptors (Lipinski definition) is 9. The Morgan fingerprint density at radius 2 is 1.88 bits per heavy atom. The van der Waals surface area contributed by atoms with Crippen LogP contribution in [0.1, 0.15) is 10.4 Å². The highest BCUT2D eigenvalue weighted by molar-refractivity contribution is 7.22. The van der Waals surface area contributed by atoms with Gasteiger partial charge >= 0.3 is 5.00 Å². The summed E-state index contributed by atoms with van der Waals surface area (Å²) in [5, 5.41) is 27.1. The van der Waals surface area contributed by atoms with Crippen molar-refractivity contribution in [1.29, 1.82) is 0 Å². The first kappa shape index (κ1) is 22.8. The summed E-state index contributed by atoms with van der Waals surface area (Å²) >= 11 is 1.91. The molecular formula is C21H12FN5O5S2. The maximum atomic E-state index is 13.6. The van der Waals surface area contributed by atoms with Crippen molar-refractivity contribution in [2.75, 3.05) is 5.01 Å². The molecule has 4 rings (SSSR count). The number of thiophene rings is 1. The van der Waals surface area contributed by atoms with Gasteiger partial charge in [0.05, 0.1) is 31.2 Å². The quantitative estimate of drug-likeness (QED) is 0.145. The van der Waals surface area contributed by atoms with E-state index in [0.29, 0.717) is 20.7 Å². The van der Waals surface area contributed by atoms with Gasteiger partial charge in [-0.1, -0.05) is 34.8 Å². The van der Waals surface area contributed by atoms with Crippen LogP contribution in [0, 0.1) is 26.0 Å². The molecule has 0 aliphatic rings. The number of benzene rings is 2. The fraction of sp³-hybridized carbons (Fsp3) is 0. The smallest absolute Gasteiger partial charge is 0.267 e. The Balaban J connectivity index is 1.67. The summed E-state index contributed by atoms with van der Waals surface area (Å²) < 4.78 is 14.1. The van der Waals surface area contributed by atoms with E-state index in [1.807, 2.05) is 0 Å². The first-order chi connectivity index (χ1) is 16.3. The summed E-state index contributed by atoms with van der Waals surface area (Å²) in [4.78, 5) is 38.6. The van der Waals surface area contributed by atoms with Crippen LogP contribution in [0.25, 0.3) is 16.3 Å². The van der Waals surface area contributed by atoms with E-state index < -0.39 is 21.6 Å². The fourth-order valence-corrected chi connectivity index (χ4v) is 4.42. The number of amides is 1. The highest BCUT2D eigenvalue weighted by Crippen LogP contribution is 2.30. The molecule has 0 atom stereocenters. The molecule has 170 valence electrons. The minimum absolute atomic E-state index is 0.0830. The molecule has 13 heteroatoms. The molecule has 0 unspecified atom stereocenters. The predicted molar refractivity (Wildman–Crippen MR) is 128 cm³/mol. The maximum absolute atomic E-state index is 13.6. The molecule has 2 aromatic heterocycles. The highest BCUT2D eigenvalue weighted by Gasteiger charge is 2.18. The average Bonchev–Trinajstić information content (AvgIpc) is 3.45. The Morgan fingerprint density at radius 1 is 1.06 bits per heavy atom. The Hall–Kier alpha value is -4.36. The Bertz CT molecular complexity index is 1480. The largest absolute Gasteiger partial charge is 0.324 e. The minimum Gasteiger partial charge on any atom is -0.267 e. The third kappa shape index (κ3) is 5.16. The third-order valence-electron chi connectivity index (χ3n) is 4.32. The molecule has 0 saturated heterocycles. The number of carbonyl (C=O) groups excluding carboxylic acids is 1. The monoisotopic (exact) mass is 497 g/mol. The zero-order chi connectivity index (χ0) is 24.2. The van der Waals surface area contributed by atoms with E-state index in [4.69, 9.17) is 0 Å². The van der Waals surface area contributed by atoms with Gasteiger partial charge in [0.2, 0.25) is 5.13 Å². The second-order valence-corrected chi connectivity index (χ2v) is 8.72. The molecule has 2 aromatic carbocycles. The molecule has 2 heterocycles. The number of thiazole rings is 1. The summed E-state index contributed by atoms with van der Waals surface area (Å²) in [5.74, 6) is -1.09. The van der Waals surface area contributed by atoms with Crippen molar-refractivity contribution in [1.82, 2.24) is 4.98 Å². The Morgan fingerprint density at radius 3 is 2.62 bits per heavy atom. The molecule has 10 nitrogen and oxygen atoms in total. The van der Waals surface area contributed by atoms with Crippen LogP contribution in [0.5, 0.6) is 0 Å². The average molecular weight is 497 g/mol. The molecule has 34 heavy (non-hydrogen) atoms. The van der Waals surface area contributed by atoms with Gasteiger partial charge in [0.1, 0.15) is 5.82 Å². The molecule has 0 spiro atoms. The summed E-state index contributed by atoms with van der Waals surface area (Å²) in [5.41, 5.74) is 0.757. The third-order valence-corrected chi connectivity index (χ3v) is 6.29. The molecule has 0 radical (unpaired) electrons. The molecule has 0 aliphatic heterocycles. The molecule has 0 saturated carbocycles. The van der Waals surface area contributed by atoms with Gasteiger partial charge < -0.3 is 0 Å². The van der Waals surface area contributed by atoms with Crippen LogP contribution in [-0.4, -0.2) is 27.0 Å². The van der Waals surface area contributed by atoms with Gasteiger partial charge in [-0.25, -0.2) is 9.37 Å². The number of aromatic nitrogens is 1. The SMILES string of the molecule is O=C(/C=C/c1cccc([N+](=O)[O-])c1)N(/N=C/c1ccc([N+](=O)[O-])s1)c1nc2ccc(F)cc2s1. The van der Waals surface area contributed by atoms with Crippen LogP contribution in [0.15, 0.2) is 65.8 Å². The van der Waals surface area contributed by atoms with E-state index in [9.17, 15) is 29.4 Å². The van der Waals surface area contributed by atoms with Crippen LogP contribution in [0.2, 0.25) is 0 Å². The number of hydrogen-bond donors (Lipinski definition) is 0. The molecule has 0 N–H and O–H groups in total. The number of fused-ring (bicyclic) bond motifs is 1. The number of anilines is 1. The van der Waals surface area contributed by atoms with Crippen molar-refractivity contribution in [2.45, 2.75) is 0 Å². The van der Waals surface area contributed by atoms with Crippen molar-refractivity contribution in [3.63, 3.8) is 0 Å². The van der Waals surface area contributed by atoms with Gasteiger partial charge in [0.15, 0.2) is 0 Å². The van der Waals surface area contributed by atoms with E-state index in [1.165, 1.54) is 66.9 Å². The number of nitrogens with zero attached hydrogens (tertiary/aromatic N) is 5. The summed E-state index contributed by atoms with van der Waals surface area (Å²) in [6.45, 7) is 0. The summed E-state index contributed by atoms with van der Waals surface area (Å²) in [7, 11) is 0. The second-order valence-electron chi connectivity index (χ2n) is 6.62. The van der Waals surface area contributed by atoms with Gasteiger partial charge in [-0.05, 0) is 35.9 Å². The van der Waals surface area contributed by atoms with Crippen molar-refractivity contribution in [3.8, 4) is 0 Å². The zero-order valence-electron chi connectivity index (χ0n) is 16.9. The maximum Gasteiger partial charge on any atom is 0.324 e. The van der Waals surface area contributed by atoms with E-state index in [2.05, 4.69) is 10.1 Å². The molecular weight excluding hydrogens is 485 g/mol. The van der Waals surface area contributed by atoms with Crippen molar-refractivity contribution in [2.24, 2.45) is 5.10 Å². The lowest BCUT2D eigenvalue weighted by atomic mass is 10.2. The van der Waals surface area contributed by atoms with Crippen molar-refractivity contribution >= 4 is 66.9 Å². The van der Waals surface area contributed by atoms with Crippen LogP contribution >= 0.6 is 22.7 Å². The first-order valence-electron chi connectivity index (χ1n) is 9.41. The number of halogens is 1. The van der Waals surface area contributed by atoms with E-state index >= 15 is 0 Å². The van der Waals surface area contributed by atoms with Crippen LogP contribution < -0.4 is 5.01 Å². The first-order valence-corrected chi connectivity index (χ1v) is 11.0. The molecule has 0 bridgehead atoms. The minimum atomic E-state index is -0.631. The van der Waals surface area contributed by atoms with Gasteiger partial charge in [-0.15, -0.1) is 0 Å². The molecule has 0 fully saturated rings. The fourth-order valence-electron chi connectivity index (χ4n) is 2.78. The lowest BCUT2D eigenvalue weighted by molar-refractivity contribution is -0.384. The Labute approximate surface area is 198 Å². The molecule has 4 aromatic rings. The predicted octanol–water partition coefficient (Wildman–Crippen LogP) is 5.39. The standard InChI is InChI=1S/C21H12FN5O5S2/c22-14-5-7-17-18(11-14)34-21(24-17)25(23-12-16-6-9-20(33-16)27(31)32)19(28)8-4-13-2-1-3-15(10-13)26(29)30/h1-12H/b8-4+,23-12+. The van der Waals surface area contributed by atoms with E-state index in [1.54, 1.807) is 6.07 Å². The molecule has 1 amide bonds. The summed E-state index contributed by atoms with van der Waals surface area (Å²) in [6, 6.07) is 12.5. The van der Waals surface area contributed by atoms with Gasteiger partial charge in [0, 0.05) is 24.3 Å². The van der Waals surface area contributed by atoms with Crippen molar-refractivity contribution < 1.29 is 19.0 Å². The summed E-state index contributed by atoms with van der Waals surface area (Å²) in [6.07, 6.45) is 3.84. The number of nitro benzene ring substituents is 1. The zero-order valence-corrected chi connectivity index (χ0v) is 18.5. The normalized spacial score (nSPS) is 11.4. The number of hydrazone groups is 1. The van der Waals surface area contributed by atoms with Crippen molar-refractivity contribution in [3.05, 3.63) is 97.2 Å². The highest BCUT2D eigenvalue weighted by atomic mass is 32.1. The number of nitro groups is 2. The Kier molecular flexibility index (Phi) is 6.47. The number of rotatable bonds is 7. The van der Waals surface area contributed by atoms with E-state index in [-0.39, 0.29) is 15.8 Å². The van der Waals surface area contributed by atoms with Gasteiger partial charge in [0.25, 0.3) is 11.6 Å². The van der Waals surface area contributed by atoms with Crippen LogP contribution in [0.4, 0.5) is 20.2 Å². The van der Waals surface area contributed by atoms with E-state index in [0.717, 1.165) is 27.7 Å². The van der Waals surface area contributed by atoms with Gasteiger partial charge in [-0.3, -0.25) is 25.0 Å². The second kappa shape index (κ2) is 9.64. The number of carbonyl (C=O) groups is 1. The lowest BCUT2D eigenvalue weighted by Crippen LogP contribution is -2.23. The molecule has 0 aliphatic carbocycles. The van der Waals surface area contributed by atoms with Gasteiger partial charge in [-0.2, -0.15) is 10.1 Å².